The van der Waals surface area contributed by atoms with E-state index in [9.17, 15) is 9.18 Å². The number of nitrogens with one attached hydrogen (secondary N) is 1. The number of esters is 1. The summed E-state index contributed by atoms with van der Waals surface area (Å²) in [6, 6.07) is 11.5. The minimum Gasteiger partial charge on any atom is -0.465 e. The smallest absolute Gasteiger partial charge is 0.322 e. The lowest BCUT2D eigenvalue weighted by molar-refractivity contribution is -0.145. The van der Waals surface area contributed by atoms with Crippen molar-refractivity contribution in [3.05, 3.63) is 58.9 Å². The van der Waals surface area contributed by atoms with Gasteiger partial charge in [-0.3, -0.25) is 4.79 Å². The highest BCUT2D eigenvalue weighted by molar-refractivity contribution is 6.30. The van der Waals surface area contributed by atoms with Crippen molar-refractivity contribution in [3.8, 4) is 11.1 Å². The molecule has 0 saturated heterocycles. The van der Waals surface area contributed by atoms with E-state index in [1.165, 1.54) is 12.1 Å². The van der Waals surface area contributed by atoms with Crippen LogP contribution in [0.2, 0.25) is 5.02 Å². The van der Waals surface area contributed by atoms with Crippen LogP contribution < -0.4 is 11.1 Å². The van der Waals surface area contributed by atoms with Gasteiger partial charge in [-0.25, -0.2) is 4.39 Å². The Kier molecular flexibility index (Phi) is 7.57. The average molecular weight is 379 g/mol. The van der Waals surface area contributed by atoms with Gasteiger partial charge in [0.15, 0.2) is 0 Å². The standard InChI is InChI=1S/C20H24ClFN2O2/c1-3-26-20(25)19(23)12-16(24-2)10-13-4-6-14(7-5-13)17-11-15(21)8-9-18(17)22/h4-9,11,16,19,24H,3,10,12,23H2,1-2H3/t16-,19?/m1/s1. The minimum absolute atomic E-state index is 0.0307. The van der Waals surface area contributed by atoms with Crippen molar-refractivity contribution >= 4 is 17.6 Å². The van der Waals surface area contributed by atoms with E-state index in [-0.39, 0.29) is 17.8 Å². The summed E-state index contributed by atoms with van der Waals surface area (Å²) < 4.78 is 18.9. The number of likely N-dealkylation sites (N-methyl/N-ethyl adjacent to an activating group) is 1. The van der Waals surface area contributed by atoms with E-state index in [4.69, 9.17) is 22.1 Å². The van der Waals surface area contributed by atoms with Gasteiger partial charge in [0.25, 0.3) is 0 Å². The van der Waals surface area contributed by atoms with Crippen LogP contribution in [0.5, 0.6) is 0 Å². The molecule has 0 aliphatic carbocycles. The van der Waals surface area contributed by atoms with Crippen molar-refractivity contribution in [2.45, 2.75) is 31.8 Å². The topological polar surface area (TPSA) is 64.3 Å². The lowest BCUT2D eigenvalue weighted by atomic mass is 9.97. The van der Waals surface area contributed by atoms with E-state index in [2.05, 4.69) is 5.32 Å². The number of halogens is 2. The van der Waals surface area contributed by atoms with Crippen LogP contribution in [0.25, 0.3) is 11.1 Å². The molecule has 140 valence electrons. The van der Waals surface area contributed by atoms with E-state index in [0.29, 0.717) is 30.0 Å². The molecule has 0 spiro atoms. The second kappa shape index (κ2) is 9.67. The van der Waals surface area contributed by atoms with Gasteiger partial charge in [0.1, 0.15) is 11.9 Å². The lowest BCUT2D eigenvalue weighted by Crippen LogP contribution is -2.40. The van der Waals surface area contributed by atoms with E-state index in [1.54, 1.807) is 13.0 Å². The summed E-state index contributed by atoms with van der Waals surface area (Å²) in [6.45, 7) is 2.07. The Bertz CT molecular complexity index is 737. The first-order chi connectivity index (χ1) is 12.4. The first kappa shape index (κ1) is 20.4. The summed E-state index contributed by atoms with van der Waals surface area (Å²) in [4.78, 5) is 11.7. The summed E-state index contributed by atoms with van der Waals surface area (Å²) in [5.41, 5.74) is 8.19. The van der Waals surface area contributed by atoms with E-state index >= 15 is 0 Å². The minimum atomic E-state index is -0.660. The monoisotopic (exact) mass is 378 g/mol. The van der Waals surface area contributed by atoms with Crippen molar-refractivity contribution in [2.24, 2.45) is 5.73 Å². The zero-order chi connectivity index (χ0) is 19.1. The molecule has 2 rings (SSSR count). The number of hydrogen-bond acceptors (Lipinski definition) is 4. The van der Waals surface area contributed by atoms with Crippen LogP contribution in [0.15, 0.2) is 42.5 Å². The fourth-order valence-corrected chi connectivity index (χ4v) is 2.95. The predicted octanol–water partition coefficient (Wildman–Crippen LogP) is 3.56. The second-order valence-electron chi connectivity index (χ2n) is 6.11. The molecule has 2 aromatic rings. The van der Waals surface area contributed by atoms with Crippen molar-refractivity contribution in [2.75, 3.05) is 13.7 Å². The first-order valence-corrected chi connectivity index (χ1v) is 8.96. The zero-order valence-electron chi connectivity index (χ0n) is 15.0. The lowest BCUT2D eigenvalue weighted by Gasteiger charge is -2.20. The maximum absolute atomic E-state index is 14.0. The van der Waals surface area contributed by atoms with Crippen LogP contribution in [0, 0.1) is 5.82 Å². The van der Waals surface area contributed by atoms with Crippen molar-refractivity contribution in [1.82, 2.24) is 5.32 Å². The Labute approximate surface area is 158 Å². The Morgan fingerprint density at radius 3 is 2.58 bits per heavy atom. The molecule has 0 amide bonds. The molecule has 0 saturated carbocycles. The number of hydrogen-bond donors (Lipinski definition) is 2. The average Bonchev–Trinajstić information content (AvgIpc) is 2.64. The first-order valence-electron chi connectivity index (χ1n) is 8.58. The van der Waals surface area contributed by atoms with Gasteiger partial charge in [-0.15, -0.1) is 0 Å². The third kappa shape index (κ3) is 5.53. The molecule has 6 heteroatoms. The van der Waals surface area contributed by atoms with Crippen LogP contribution in [-0.4, -0.2) is 31.7 Å². The van der Waals surface area contributed by atoms with E-state index in [0.717, 1.165) is 11.1 Å². The van der Waals surface area contributed by atoms with Gasteiger partial charge in [-0.05, 0) is 56.1 Å². The Morgan fingerprint density at radius 2 is 1.96 bits per heavy atom. The second-order valence-corrected chi connectivity index (χ2v) is 6.54. The molecule has 4 nitrogen and oxygen atoms in total. The molecule has 0 aliphatic heterocycles. The Morgan fingerprint density at radius 1 is 1.27 bits per heavy atom. The number of nitrogens with two attached hydrogens (primary N) is 1. The molecular weight excluding hydrogens is 355 g/mol. The fourth-order valence-electron chi connectivity index (χ4n) is 2.78. The Hall–Kier alpha value is -1.95. The van der Waals surface area contributed by atoms with Crippen LogP contribution in [-0.2, 0) is 16.0 Å². The number of carbonyl (C=O) groups is 1. The zero-order valence-corrected chi connectivity index (χ0v) is 15.7. The molecule has 2 atom stereocenters. The van der Waals surface area contributed by atoms with Gasteiger partial charge < -0.3 is 15.8 Å². The molecule has 3 N–H and O–H groups in total. The largest absolute Gasteiger partial charge is 0.465 e. The SMILES string of the molecule is CCOC(=O)C(N)C[C@@H](Cc1ccc(-c2cc(Cl)ccc2F)cc1)NC. The van der Waals surface area contributed by atoms with E-state index < -0.39 is 6.04 Å². The number of rotatable bonds is 8. The summed E-state index contributed by atoms with van der Waals surface area (Å²) >= 11 is 5.96. The van der Waals surface area contributed by atoms with Crippen molar-refractivity contribution < 1.29 is 13.9 Å². The van der Waals surface area contributed by atoms with Crippen LogP contribution >= 0.6 is 11.6 Å². The molecule has 0 aromatic heterocycles. The van der Waals surface area contributed by atoms with Crippen molar-refractivity contribution in [3.63, 3.8) is 0 Å². The molecule has 0 fully saturated rings. The van der Waals surface area contributed by atoms with Gasteiger partial charge in [0.2, 0.25) is 0 Å². The van der Waals surface area contributed by atoms with Gasteiger partial charge in [0.05, 0.1) is 6.61 Å². The van der Waals surface area contributed by atoms with Crippen LogP contribution in [0.3, 0.4) is 0 Å². The normalized spacial score (nSPS) is 13.3. The van der Waals surface area contributed by atoms with Crippen molar-refractivity contribution in [1.29, 1.82) is 0 Å². The summed E-state index contributed by atoms with van der Waals surface area (Å²) in [5.74, 6) is -0.699. The van der Waals surface area contributed by atoms with Gasteiger partial charge >= 0.3 is 5.97 Å². The number of benzene rings is 2. The van der Waals surface area contributed by atoms with Crippen LogP contribution in [0.4, 0.5) is 4.39 Å². The van der Waals surface area contributed by atoms with Gasteiger partial charge in [-0.1, -0.05) is 35.9 Å². The summed E-state index contributed by atoms with van der Waals surface area (Å²) in [6.07, 6.45) is 1.17. The molecule has 0 radical (unpaired) electrons. The van der Waals surface area contributed by atoms with Gasteiger partial charge in [-0.2, -0.15) is 0 Å². The maximum Gasteiger partial charge on any atom is 0.322 e. The van der Waals surface area contributed by atoms with E-state index in [1.807, 2.05) is 31.3 Å². The third-order valence-corrected chi connectivity index (χ3v) is 4.45. The molecule has 0 heterocycles. The summed E-state index contributed by atoms with van der Waals surface area (Å²) in [7, 11) is 1.83. The number of carbonyl (C=O) groups excluding carboxylic acids is 1. The molecule has 26 heavy (non-hydrogen) atoms. The van der Waals surface area contributed by atoms with Gasteiger partial charge in [0, 0.05) is 16.6 Å². The fraction of sp³-hybridized carbons (Fsp3) is 0.350. The highest BCUT2D eigenvalue weighted by Gasteiger charge is 2.20. The highest BCUT2D eigenvalue weighted by atomic mass is 35.5. The molecule has 0 bridgehead atoms. The highest BCUT2D eigenvalue weighted by Crippen LogP contribution is 2.26. The molecule has 2 aromatic carbocycles. The quantitative estimate of drug-likeness (QED) is 0.689. The molecule has 1 unspecified atom stereocenters. The Balaban J connectivity index is 2.05. The summed E-state index contributed by atoms with van der Waals surface area (Å²) in [5, 5.41) is 3.67. The maximum atomic E-state index is 14.0. The molecular formula is C20H24ClFN2O2. The number of ether oxygens (including phenoxy) is 1. The predicted molar refractivity (Wildman–Crippen MR) is 103 cm³/mol. The molecule has 0 aliphatic rings. The van der Waals surface area contributed by atoms with Crippen LogP contribution in [0.1, 0.15) is 18.9 Å². The third-order valence-electron chi connectivity index (χ3n) is 4.21.